The summed E-state index contributed by atoms with van der Waals surface area (Å²) in [4.78, 5) is 4.61. The fourth-order valence-corrected chi connectivity index (χ4v) is 2.58. The number of aliphatic imine (C=N–C) groups is 1. The quantitative estimate of drug-likeness (QED) is 0.350. The maximum Gasteiger partial charge on any atom is 0.191 e. The largest absolute Gasteiger partial charge is 0.359 e. The standard InChI is InChI=1S/C19H28N4O.HI/c1-4-16(5-2)18-12-17(24-23-18)14-22-19(20-6-3)21-13-15-10-8-7-9-11-15;/h7-12,16H,4-6,13-14H2,1-3H3,(H2,20,21,22);1H. The molecular weight excluding hydrogens is 427 g/mol. The van der Waals surface area contributed by atoms with Crippen molar-refractivity contribution in [2.75, 3.05) is 6.54 Å². The van der Waals surface area contributed by atoms with Gasteiger partial charge < -0.3 is 15.2 Å². The van der Waals surface area contributed by atoms with E-state index < -0.39 is 0 Å². The highest BCUT2D eigenvalue weighted by Crippen LogP contribution is 2.22. The van der Waals surface area contributed by atoms with E-state index in [0.717, 1.165) is 36.8 Å². The predicted molar refractivity (Wildman–Crippen MR) is 113 cm³/mol. The Labute approximate surface area is 167 Å². The van der Waals surface area contributed by atoms with Gasteiger partial charge in [-0.1, -0.05) is 49.3 Å². The third-order valence-electron chi connectivity index (χ3n) is 4.02. The molecule has 2 rings (SSSR count). The third-order valence-corrected chi connectivity index (χ3v) is 4.02. The molecule has 0 radical (unpaired) electrons. The molecule has 1 aromatic carbocycles. The molecule has 0 aliphatic carbocycles. The Hall–Kier alpha value is -1.57. The van der Waals surface area contributed by atoms with Crippen LogP contribution in [0.25, 0.3) is 0 Å². The van der Waals surface area contributed by atoms with E-state index in [0.29, 0.717) is 19.0 Å². The number of guanidine groups is 1. The number of hydrogen-bond donors (Lipinski definition) is 2. The zero-order valence-corrected chi connectivity index (χ0v) is 17.6. The molecule has 0 saturated carbocycles. The lowest BCUT2D eigenvalue weighted by Gasteiger charge is -2.09. The van der Waals surface area contributed by atoms with Crippen molar-refractivity contribution in [1.82, 2.24) is 15.8 Å². The summed E-state index contributed by atoms with van der Waals surface area (Å²) in [5.41, 5.74) is 2.23. The van der Waals surface area contributed by atoms with Gasteiger partial charge in [-0.25, -0.2) is 4.99 Å². The molecule has 6 heteroatoms. The van der Waals surface area contributed by atoms with E-state index in [1.165, 1.54) is 5.56 Å². The van der Waals surface area contributed by atoms with Crippen molar-refractivity contribution < 1.29 is 4.52 Å². The molecule has 0 atom stereocenters. The van der Waals surface area contributed by atoms with Crippen molar-refractivity contribution in [3.8, 4) is 0 Å². The van der Waals surface area contributed by atoms with Gasteiger partial charge in [-0.3, -0.25) is 0 Å². The number of halogens is 1. The van der Waals surface area contributed by atoms with Crippen molar-refractivity contribution in [1.29, 1.82) is 0 Å². The summed E-state index contributed by atoms with van der Waals surface area (Å²) in [7, 11) is 0. The van der Waals surface area contributed by atoms with E-state index in [9.17, 15) is 0 Å². The van der Waals surface area contributed by atoms with Crippen LogP contribution in [0.3, 0.4) is 0 Å². The van der Waals surface area contributed by atoms with E-state index in [4.69, 9.17) is 4.52 Å². The lowest BCUT2D eigenvalue weighted by atomic mass is 9.99. The van der Waals surface area contributed by atoms with Crippen LogP contribution in [0.1, 0.15) is 56.5 Å². The average molecular weight is 456 g/mol. The summed E-state index contributed by atoms with van der Waals surface area (Å²) in [5.74, 6) is 2.09. The highest BCUT2D eigenvalue weighted by atomic mass is 127. The van der Waals surface area contributed by atoms with Crippen LogP contribution in [-0.4, -0.2) is 17.7 Å². The molecule has 0 bridgehead atoms. The second kappa shape index (κ2) is 11.9. The maximum atomic E-state index is 5.45. The van der Waals surface area contributed by atoms with Crippen molar-refractivity contribution in [2.45, 2.75) is 52.6 Å². The van der Waals surface area contributed by atoms with Crippen LogP contribution < -0.4 is 10.6 Å². The molecule has 0 amide bonds. The molecule has 1 heterocycles. The summed E-state index contributed by atoms with van der Waals surface area (Å²) in [6.07, 6.45) is 2.16. The molecule has 138 valence electrons. The SMILES string of the molecule is CCNC(=NCc1ccccc1)NCc1cc(C(CC)CC)no1.I. The van der Waals surface area contributed by atoms with Crippen LogP contribution in [0.5, 0.6) is 0 Å². The lowest BCUT2D eigenvalue weighted by Crippen LogP contribution is -2.36. The first-order valence-electron chi connectivity index (χ1n) is 8.78. The fraction of sp³-hybridized carbons (Fsp3) is 0.474. The van der Waals surface area contributed by atoms with E-state index >= 15 is 0 Å². The van der Waals surface area contributed by atoms with Gasteiger partial charge in [0.2, 0.25) is 0 Å². The van der Waals surface area contributed by atoms with Gasteiger partial charge in [0.1, 0.15) is 0 Å². The molecule has 0 unspecified atom stereocenters. The number of rotatable bonds is 8. The van der Waals surface area contributed by atoms with E-state index in [-0.39, 0.29) is 24.0 Å². The molecule has 2 N–H and O–H groups in total. The molecule has 5 nitrogen and oxygen atoms in total. The van der Waals surface area contributed by atoms with Crippen LogP contribution in [0.4, 0.5) is 0 Å². The Kier molecular flexibility index (Phi) is 10.2. The van der Waals surface area contributed by atoms with Crippen LogP contribution in [-0.2, 0) is 13.1 Å². The number of hydrogen-bond acceptors (Lipinski definition) is 3. The van der Waals surface area contributed by atoms with Gasteiger partial charge in [0.25, 0.3) is 0 Å². The normalized spacial score (nSPS) is 11.3. The monoisotopic (exact) mass is 456 g/mol. The van der Waals surface area contributed by atoms with Crippen LogP contribution >= 0.6 is 24.0 Å². The van der Waals surface area contributed by atoms with Crippen LogP contribution in [0.15, 0.2) is 45.9 Å². The molecule has 0 spiro atoms. The summed E-state index contributed by atoms with van der Waals surface area (Å²) < 4.78 is 5.45. The highest BCUT2D eigenvalue weighted by Gasteiger charge is 2.13. The maximum absolute atomic E-state index is 5.45. The summed E-state index contributed by atoms with van der Waals surface area (Å²) in [6.45, 7) is 8.45. The second-order valence-corrected chi connectivity index (χ2v) is 5.77. The van der Waals surface area contributed by atoms with Crippen LogP contribution in [0.2, 0.25) is 0 Å². The first-order valence-corrected chi connectivity index (χ1v) is 8.78. The Bertz CT molecular complexity index is 623. The van der Waals surface area contributed by atoms with Gasteiger partial charge >= 0.3 is 0 Å². The molecule has 0 fully saturated rings. The third kappa shape index (κ3) is 7.05. The number of nitrogens with zero attached hydrogens (tertiary/aromatic N) is 2. The molecule has 0 aliphatic heterocycles. The lowest BCUT2D eigenvalue weighted by molar-refractivity contribution is 0.368. The Morgan fingerprint density at radius 2 is 1.84 bits per heavy atom. The van der Waals surface area contributed by atoms with Crippen molar-refractivity contribution in [3.63, 3.8) is 0 Å². The molecule has 1 aromatic heterocycles. The van der Waals surface area contributed by atoms with Crippen molar-refractivity contribution in [3.05, 3.63) is 53.4 Å². The topological polar surface area (TPSA) is 62.5 Å². The van der Waals surface area contributed by atoms with Crippen LogP contribution in [0, 0.1) is 0 Å². The predicted octanol–water partition coefficient (Wildman–Crippen LogP) is 4.45. The Balaban J connectivity index is 0.00000312. The van der Waals surface area contributed by atoms with Gasteiger partial charge in [0, 0.05) is 18.5 Å². The number of nitrogens with one attached hydrogen (secondary N) is 2. The molecule has 25 heavy (non-hydrogen) atoms. The summed E-state index contributed by atoms with van der Waals surface area (Å²) in [6, 6.07) is 12.3. The minimum atomic E-state index is 0. The minimum Gasteiger partial charge on any atom is -0.359 e. The summed E-state index contributed by atoms with van der Waals surface area (Å²) >= 11 is 0. The second-order valence-electron chi connectivity index (χ2n) is 5.77. The van der Waals surface area contributed by atoms with Gasteiger partial charge in [-0.05, 0) is 25.3 Å². The van der Waals surface area contributed by atoms with E-state index in [1.807, 2.05) is 24.3 Å². The van der Waals surface area contributed by atoms with Gasteiger partial charge in [-0.15, -0.1) is 24.0 Å². The first kappa shape index (κ1) is 21.5. The highest BCUT2D eigenvalue weighted by molar-refractivity contribution is 14.0. The average Bonchev–Trinajstić information content (AvgIpc) is 3.08. The van der Waals surface area contributed by atoms with Gasteiger partial charge in [-0.2, -0.15) is 0 Å². The Morgan fingerprint density at radius 3 is 2.48 bits per heavy atom. The smallest absolute Gasteiger partial charge is 0.191 e. The zero-order chi connectivity index (χ0) is 17.2. The number of aromatic nitrogens is 1. The van der Waals surface area contributed by atoms with Crippen molar-refractivity contribution >= 4 is 29.9 Å². The fourth-order valence-electron chi connectivity index (χ4n) is 2.58. The van der Waals surface area contributed by atoms with E-state index in [1.54, 1.807) is 0 Å². The van der Waals surface area contributed by atoms with Crippen molar-refractivity contribution in [2.24, 2.45) is 4.99 Å². The van der Waals surface area contributed by atoms with E-state index in [2.05, 4.69) is 53.7 Å². The minimum absolute atomic E-state index is 0. The number of benzene rings is 1. The molecular formula is C19H29IN4O. The molecule has 0 aliphatic rings. The molecule has 0 saturated heterocycles. The zero-order valence-electron chi connectivity index (χ0n) is 15.3. The molecule has 2 aromatic rings. The first-order chi connectivity index (χ1) is 11.8. The van der Waals surface area contributed by atoms with Gasteiger partial charge in [0.05, 0.1) is 18.8 Å². The summed E-state index contributed by atoms with van der Waals surface area (Å²) in [5, 5.41) is 10.8. The Morgan fingerprint density at radius 1 is 1.12 bits per heavy atom. The van der Waals surface area contributed by atoms with Gasteiger partial charge in [0.15, 0.2) is 11.7 Å².